The molecular formula is C32H43N3O4. The fraction of sp³-hybridized carbons (Fsp3) is 0.438. The molecule has 1 aliphatic rings. The molecular weight excluding hydrogens is 490 g/mol. The maximum Gasteiger partial charge on any atom is 0.249 e. The van der Waals surface area contributed by atoms with Crippen molar-refractivity contribution in [2.24, 2.45) is 17.1 Å². The zero-order chi connectivity index (χ0) is 28.3. The minimum Gasteiger partial charge on any atom is -0.391 e. The number of nitrogens with one attached hydrogen (secondary N) is 1. The molecule has 0 aromatic heterocycles. The first-order valence-corrected chi connectivity index (χ1v) is 14.0. The van der Waals surface area contributed by atoms with E-state index in [2.05, 4.69) is 5.32 Å². The summed E-state index contributed by atoms with van der Waals surface area (Å²) in [4.78, 5) is 28.5. The van der Waals surface area contributed by atoms with Crippen molar-refractivity contribution in [3.05, 3.63) is 95.6 Å². The summed E-state index contributed by atoms with van der Waals surface area (Å²) >= 11 is 0. The van der Waals surface area contributed by atoms with Crippen LogP contribution in [0.2, 0.25) is 0 Å². The first kappa shape index (κ1) is 30.3. The van der Waals surface area contributed by atoms with Gasteiger partial charge in [-0.05, 0) is 36.8 Å². The number of allylic oxidation sites excluding steroid dienone is 2. The predicted octanol–water partition coefficient (Wildman–Crippen LogP) is 3.54. The van der Waals surface area contributed by atoms with E-state index >= 15 is 0 Å². The minimum atomic E-state index is -1.25. The number of rotatable bonds is 15. The minimum absolute atomic E-state index is 0.0919. The van der Waals surface area contributed by atoms with Gasteiger partial charge in [0.1, 0.15) is 0 Å². The second-order valence-corrected chi connectivity index (χ2v) is 10.4. The average molecular weight is 534 g/mol. The zero-order valence-electron chi connectivity index (χ0n) is 23.1. The van der Waals surface area contributed by atoms with Crippen LogP contribution in [0.15, 0.2) is 84.5 Å². The summed E-state index contributed by atoms with van der Waals surface area (Å²) in [6.45, 7) is 5.74. The van der Waals surface area contributed by atoms with Crippen molar-refractivity contribution in [3.8, 4) is 0 Å². The molecule has 2 unspecified atom stereocenters. The third kappa shape index (κ3) is 7.88. The Balaban J connectivity index is 1.85. The van der Waals surface area contributed by atoms with Gasteiger partial charge in [0, 0.05) is 37.7 Å². The van der Waals surface area contributed by atoms with E-state index in [-0.39, 0.29) is 25.4 Å². The van der Waals surface area contributed by atoms with Crippen molar-refractivity contribution in [1.82, 2.24) is 10.2 Å². The molecule has 1 aliphatic carbocycles. The highest BCUT2D eigenvalue weighted by Crippen LogP contribution is 2.43. The van der Waals surface area contributed by atoms with Crippen LogP contribution in [0, 0.1) is 11.3 Å². The maximum atomic E-state index is 13.5. The molecule has 39 heavy (non-hydrogen) atoms. The Morgan fingerprint density at radius 3 is 2.18 bits per heavy atom. The first-order valence-electron chi connectivity index (χ1n) is 14.0. The molecule has 2 aromatic carbocycles. The van der Waals surface area contributed by atoms with Crippen LogP contribution in [0.25, 0.3) is 0 Å². The third-order valence-electron chi connectivity index (χ3n) is 7.48. The highest BCUT2D eigenvalue weighted by atomic mass is 16.3. The summed E-state index contributed by atoms with van der Waals surface area (Å²) in [5, 5.41) is 25.2. The van der Waals surface area contributed by atoms with Crippen molar-refractivity contribution in [3.63, 3.8) is 0 Å². The molecule has 2 amide bonds. The predicted molar refractivity (Wildman–Crippen MR) is 155 cm³/mol. The van der Waals surface area contributed by atoms with Crippen LogP contribution in [-0.4, -0.2) is 59.2 Å². The number of aliphatic hydroxyl groups is 2. The molecule has 7 nitrogen and oxygen atoms in total. The molecule has 0 saturated heterocycles. The van der Waals surface area contributed by atoms with Gasteiger partial charge in [0.05, 0.1) is 17.6 Å². The van der Waals surface area contributed by atoms with Crippen molar-refractivity contribution < 1.29 is 19.8 Å². The van der Waals surface area contributed by atoms with Gasteiger partial charge in [0.2, 0.25) is 11.8 Å². The SMILES string of the molecule is CCCN(CCC)C(=O)C1=CC=CC(C(N)=O)([C@H](Cc2ccccc2)[C@@H](O)CNCC(O)c2ccccc2)C1. The molecule has 0 fully saturated rings. The van der Waals surface area contributed by atoms with E-state index < -0.39 is 29.4 Å². The molecule has 0 radical (unpaired) electrons. The average Bonchev–Trinajstić information content (AvgIpc) is 2.96. The number of amides is 2. The Bertz CT molecular complexity index is 1110. The molecule has 0 heterocycles. The molecule has 5 N–H and O–H groups in total. The number of carbonyl (C=O) groups excluding carboxylic acids is 2. The van der Waals surface area contributed by atoms with Gasteiger partial charge in [0.15, 0.2) is 0 Å². The normalized spacial score (nSPS) is 19.1. The van der Waals surface area contributed by atoms with Gasteiger partial charge in [-0.3, -0.25) is 9.59 Å². The highest BCUT2D eigenvalue weighted by molar-refractivity contribution is 5.96. The van der Waals surface area contributed by atoms with Crippen LogP contribution >= 0.6 is 0 Å². The van der Waals surface area contributed by atoms with Gasteiger partial charge < -0.3 is 26.2 Å². The van der Waals surface area contributed by atoms with Crippen LogP contribution in [0.4, 0.5) is 0 Å². The Morgan fingerprint density at radius 2 is 1.59 bits per heavy atom. The number of hydrogen-bond acceptors (Lipinski definition) is 5. The summed E-state index contributed by atoms with van der Waals surface area (Å²) in [6, 6.07) is 19.0. The Kier molecular flexibility index (Phi) is 11.5. The lowest BCUT2D eigenvalue weighted by Gasteiger charge is -2.41. The first-order chi connectivity index (χ1) is 18.8. The molecule has 2 aromatic rings. The lowest BCUT2D eigenvalue weighted by atomic mass is 9.64. The molecule has 7 heteroatoms. The van der Waals surface area contributed by atoms with Crippen LogP contribution in [0.1, 0.15) is 50.3 Å². The van der Waals surface area contributed by atoms with E-state index in [1.54, 1.807) is 18.2 Å². The van der Waals surface area contributed by atoms with Gasteiger partial charge >= 0.3 is 0 Å². The number of nitrogens with zero attached hydrogens (tertiary/aromatic N) is 1. The van der Waals surface area contributed by atoms with E-state index in [9.17, 15) is 19.8 Å². The lowest BCUT2D eigenvalue weighted by Crippen LogP contribution is -2.51. The second kappa shape index (κ2) is 14.8. The zero-order valence-corrected chi connectivity index (χ0v) is 23.1. The largest absolute Gasteiger partial charge is 0.391 e. The van der Waals surface area contributed by atoms with Crippen molar-refractivity contribution >= 4 is 11.8 Å². The number of hydrogen-bond donors (Lipinski definition) is 4. The summed E-state index contributed by atoms with van der Waals surface area (Å²) in [7, 11) is 0. The third-order valence-corrected chi connectivity index (χ3v) is 7.48. The van der Waals surface area contributed by atoms with Crippen molar-refractivity contribution in [1.29, 1.82) is 0 Å². The topological polar surface area (TPSA) is 116 Å². The van der Waals surface area contributed by atoms with Gasteiger partial charge in [-0.1, -0.05) is 92.7 Å². The Morgan fingerprint density at radius 1 is 0.974 bits per heavy atom. The molecule has 4 atom stereocenters. The summed E-state index contributed by atoms with van der Waals surface area (Å²) in [5.74, 6) is -1.26. The van der Waals surface area contributed by atoms with Crippen LogP contribution in [0.5, 0.6) is 0 Å². The Labute approximate surface area is 232 Å². The summed E-state index contributed by atoms with van der Waals surface area (Å²) in [5.41, 5.74) is 7.10. The molecule has 0 aliphatic heterocycles. The number of benzene rings is 2. The van der Waals surface area contributed by atoms with E-state index in [4.69, 9.17) is 5.73 Å². The summed E-state index contributed by atoms with van der Waals surface area (Å²) in [6.07, 6.45) is 5.75. The van der Waals surface area contributed by atoms with E-state index in [1.165, 1.54) is 0 Å². The van der Waals surface area contributed by atoms with Crippen molar-refractivity contribution in [2.45, 2.75) is 51.7 Å². The van der Waals surface area contributed by atoms with Gasteiger partial charge in [0.25, 0.3) is 0 Å². The monoisotopic (exact) mass is 533 g/mol. The fourth-order valence-electron chi connectivity index (χ4n) is 5.41. The number of aliphatic hydroxyl groups excluding tert-OH is 2. The number of nitrogens with two attached hydrogens (primary N) is 1. The van der Waals surface area contributed by atoms with Crippen LogP contribution in [-0.2, 0) is 16.0 Å². The quantitative estimate of drug-likeness (QED) is 0.280. The maximum absolute atomic E-state index is 13.5. The standard InChI is InChI=1S/C32H43N3O4/c1-3-18-35(19-4-2)30(38)26-16-11-17-32(21-26,31(33)39)27(20-24-12-7-5-8-13-24)29(37)23-34-22-28(36)25-14-9-6-10-15-25/h5-17,27-29,34,36-37H,3-4,18-23H2,1-2H3,(H2,33,39)/t27-,28?,29+,32?/m1/s1. The lowest BCUT2D eigenvalue weighted by molar-refractivity contribution is -0.132. The van der Waals surface area contributed by atoms with E-state index in [1.807, 2.05) is 79.4 Å². The van der Waals surface area contributed by atoms with Crippen LogP contribution < -0.4 is 11.1 Å². The molecule has 210 valence electrons. The smallest absolute Gasteiger partial charge is 0.249 e. The molecule has 0 spiro atoms. The number of carbonyl (C=O) groups is 2. The van der Waals surface area contributed by atoms with E-state index in [0.717, 1.165) is 24.0 Å². The Hall–Kier alpha value is -3.26. The van der Waals surface area contributed by atoms with Gasteiger partial charge in [-0.15, -0.1) is 0 Å². The molecule has 3 rings (SSSR count). The summed E-state index contributed by atoms with van der Waals surface area (Å²) < 4.78 is 0. The van der Waals surface area contributed by atoms with Crippen LogP contribution in [0.3, 0.4) is 0 Å². The fourth-order valence-corrected chi connectivity index (χ4v) is 5.41. The second-order valence-electron chi connectivity index (χ2n) is 10.4. The van der Waals surface area contributed by atoms with E-state index in [0.29, 0.717) is 25.1 Å². The number of primary amides is 1. The van der Waals surface area contributed by atoms with Gasteiger partial charge in [-0.2, -0.15) is 0 Å². The molecule has 0 saturated carbocycles. The highest BCUT2D eigenvalue weighted by Gasteiger charge is 2.47. The molecule has 0 bridgehead atoms. The van der Waals surface area contributed by atoms with Crippen molar-refractivity contribution in [2.75, 3.05) is 26.2 Å². The van der Waals surface area contributed by atoms with Gasteiger partial charge in [-0.25, -0.2) is 0 Å².